The lowest BCUT2D eigenvalue weighted by molar-refractivity contribution is 1.01. The second-order valence-corrected chi connectivity index (χ2v) is 4.08. The standard InChI is InChI=1S/C12H9ClN4/c1-8-7-17(10-4-2-3-5-14-10)11-9(8)6-15-12(13)16-11/h2-7H,1H3. The van der Waals surface area contributed by atoms with Crippen molar-refractivity contribution >= 4 is 22.6 Å². The fraction of sp³-hybridized carbons (Fsp3) is 0.0833. The normalized spacial score (nSPS) is 10.9. The Bertz CT molecular complexity index is 676. The van der Waals surface area contributed by atoms with Crippen molar-refractivity contribution in [3.8, 4) is 5.82 Å². The molecule has 84 valence electrons. The van der Waals surface area contributed by atoms with Gasteiger partial charge < -0.3 is 0 Å². The van der Waals surface area contributed by atoms with E-state index in [-0.39, 0.29) is 5.28 Å². The van der Waals surface area contributed by atoms with Crippen LogP contribution >= 0.6 is 11.6 Å². The van der Waals surface area contributed by atoms with Crippen molar-refractivity contribution in [3.05, 3.63) is 47.6 Å². The highest BCUT2D eigenvalue weighted by molar-refractivity contribution is 6.28. The quantitative estimate of drug-likeness (QED) is 0.618. The van der Waals surface area contributed by atoms with Crippen LogP contribution in [0.3, 0.4) is 0 Å². The molecule has 0 bridgehead atoms. The fourth-order valence-electron chi connectivity index (χ4n) is 1.81. The highest BCUT2D eigenvalue weighted by Gasteiger charge is 2.09. The molecular weight excluding hydrogens is 236 g/mol. The van der Waals surface area contributed by atoms with Gasteiger partial charge in [0, 0.05) is 24.0 Å². The van der Waals surface area contributed by atoms with Gasteiger partial charge in [-0.05, 0) is 36.2 Å². The predicted octanol–water partition coefficient (Wildman–Crippen LogP) is 2.78. The van der Waals surface area contributed by atoms with Crippen molar-refractivity contribution in [1.29, 1.82) is 0 Å². The molecule has 0 fully saturated rings. The first-order chi connectivity index (χ1) is 8.25. The minimum absolute atomic E-state index is 0.243. The van der Waals surface area contributed by atoms with Gasteiger partial charge in [-0.15, -0.1) is 0 Å². The third kappa shape index (κ3) is 1.66. The zero-order valence-corrected chi connectivity index (χ0v) is 9.89. The second-order valence-electron chi connectivity index (χ2n) is 3.75. The van der Waals surface area contributed by atoms with E-state index in [0.717, 1.165) is 22.4 Å². The van der Waals surface area contributed by atoms with Crippen molar-refractivity contribution in [2.75, 3.05) is 0 Å². The van der Waals surface area contributed by atoms with Crippen molar-refractivity contribution in [2.24, 2.45) is 0 Å². The summed E-state index contributed by atoms with van der Waals surface area (Å²) < 4.78 is 1.91. The van der Waals surface area contributed by atoms with Crippen molar-refractivity contribution < 1.29 is 0 Å². The Hall–Kier alpha value is -1.94. The van der Waals surface area contributed by atoms with E-state index >= 15 is 0 Å². The highest BCUT2D eigenvalue weighted by atomic mass is 35.5. The van der Waals surface area contributed by atoms with Crippen LogP contribution in [0, 0.1) is 6.92 Å². The minimum Gasteiger partial charge on any atom is -0.285 e. The number of pyridine rings is 1. The number of rotatable bonds is 1. The summed E-state index contributed by atoms with van der Waals surface area (Å²) in [5.41, 5.74) is 1.88. The molecule has 0 aliphatic rings. The monoisotopic (exact) mass is 244 g/mol. The third-order valence-corrected chi connectivity index (χ3v) is 2.79. The summed E-state index contributed by atoms with van der Waals surface area (Å²) in [5, 5.41) is 1.23. The van der Waals surface area contributed by atoms with Gasteiger partial charge in [0.1, 0.15) is 5.82 Å². The van der Waals surface area contributed by atoms with Gasteiger partial charge in [-0.25, -0.2) is 9.97 Å². The van der Waals surface area contributed by atoms with Crippen LogP contribution in [0.25, 0.3) is 16.9 Å². The van der Waals surface area contributed by atoms with Gasteiger partial charge in [0.15, 0.2) is 5.65 Å². The summed E-state index contributed by atoms with van der Waals surface area (Å²) in [5.74, 6) is 0.820. The summed E-state index contributed by atoms with van der Waals surface area (Å²) in [7, 11) is 0. The van der Waals surface area contributed by atoms with Gasteiger partial charge in [0.05, 0.1) is 0 Å². The molecule has 0 unspecified atom stereocenters. The van der Waals surface area contributed by atoms with Crippen LogP contribution in [-0.2, 0) is 0 Å². The molecule has 4 nitrogen and oxygen atoms in total. The SMILES string of the molecule is Cc1cn(-c2ccccn2)c2nc(Cl)ncc12. The lowest BCUT2D eigenvalue weighted by Crippen LogP contribution is -1.96. The highest BCUT2D eigenvalue weighted by Crippen LogP contribution is 2.22. The Morgan fingerprint density at radius 3 is 2.88 bits per heavy atom. The Balaban J connectivity index is 2.34. The largest absolute Gasteiger partial charge is 0.285 e. The molecule has 0 amide bonds. The van der Waals surface area contributed by atoms with E-state index in [2.05, 4.69) is 15.0 Å². The van der Waals surface area contributed by atoms with E-state index in [0.29, 0.717) is 0 Å². The molecule has 17 heavy (non-hydrogen) atoms. The third-order valence-electron chi connectivity index (χ3n) is 2.61. The molecule has 3 rings (SSSR count). The zero-order valence-electron chi connectivity index (χ0n) is 9.13. The Morgan fingerprint density at radius 1 is 1.24 bits per heavy atom. The Kier molecular flexibility index (Phi) is 2.30. The summed E-state index contributed by atoms with van der Waals surface area (Å²) in [6.45, 7) is 2.01. The smallest absolute Gasteiger partial charge is 0.224 e. The molecule has 0 aromatic carbocycles. The summed E-state index contributed by atoms with van der Waals surface area (Å²) >= 11 is 5.83. The van der Waals surface area contributed by atoms with Crippen LogP contribution in [0.5, 0.6) is 0 Å². The summed E-state index contributed by atoms with van der Waals surface area (Å²) in [6.07, 6.45) is 5.47. The summed E-state index contributed by atoms with van der Waals surface area (Å²) in [4.78, 5) is 12.5. The van der Waals surface area contributed by atoms with Crippen molar-refractivity contribution in [2.45, 2.75) is 6.92 Å². The number of hydrogen-bond donors (Lipinski definition) is 0. The Labute approximate surface area is 103 Å². The number of aryl methyl sites for hydroxylation is 1. The van der Waals surface area contributed by atoms with Crippen LogP contribution in [0.2, 0.25) is 5.28 Å². The minimum atomic E-state index is 0.243. The molecule has 0 radical (unpaired) electrons. The maximum atomic E-state index is 5.83. The van der Waals surface area contributed by atoms with Gasteiger partial charge in [-0.2, -0.15) is 4.98 Å². The van der Waals surface area contributed by atoms with E-state index in [1.807, 2.05) is 35.9 Å². The van der Waals surface area contributed by atoms with Gasteiger partial charge in [-0.1, -0.05) is 6.07 Å². The van der Waals surface area contributed by atoms with Gasteiger partial charge in [0.25, 0.3) is 0 Å². The fourth-order valence-corrected chi connectivity index (χ4v) is 1.94. The number of hydrogen-bond acceptors (Lipinski definition) is 3. The van der Waals surface area contributed by atoms with E-state index < -0.39 is 0 Å². The first-order valence-electron chi connectivity index (χ1n) is 5.17. The molecule has 0 atom stereocenters. The molecule has 0 saturated heterocycles. The van der Waals surface area contributed by atoms with E-state index in [1.54, 1.807) is 12.4 Å². The molecule has 0 aliphatic heterocycles. The van der Waals surface area contributed by atoms with Crippen LogP contribution in [0.15, 0.2) is 36.8 Å². The summed E-state index contributed by atoms with van der Waals surface area (Å²) in [6, 6.07) is 5.74. The van der Waals surface area contributed by atoms with Crippen LogP contribution in [-0.4, -0.2) is 19.5 Å². The van der Waals surface area contributed by atoms with Gasteiger partial charge in [0.2, 0.25) is 5.28 Å². The molecule has 0 spiro atoms. The number of nitrogens with zero attached hydrogens (tertiary/aromatic N) is 4. The molecule has 0 aliphatic carbocycles. The Morgan fingerprint density at radius 2 is 2.12 bits per heavy atom. The predicted molar refractivity (Wildman–Crippen MR) is 66.4 cm³/mol. The molecular formula is C12H9ClN4. The van der Waals surface area contributed by atoms with Crippen LogP contribution < -0.4 is 0 Å². The maximum absolute atomic E-state index is 5.83. The first-order valence-corrected chi connectivity index (χ1v) is 5.55. The molecule has 0 N–H and O–H groups in total. The average molecular weight is 245 g/mol. The van der Waals surface area contributed by atoms with E-state index in [4.69, 9.17) is 11.6 Å². The van der Waals surface area contributed by atoms with Crippen LogP contribution in [0.4, 0.5) is 0 Å². The zero-order chi connectivity index (χ0) is 11.8. The molecule has 3 aromatic heterocycles. The number of fused-ring (bicyclic) bond motifs is 1. The van der Waals surface area contributed by atoms with Gasteiger partial charge in [-0.3, -0.25) is 4.57 Å². The molecule has 3 heterocycles. The second kappa shape index (κ2) is 3.82. The number of halogens is 1. The first kappa shape index (κ1) is 10.2. The molecule has 5 heteroatoms. The maximum Gasteiger partial charge on any atom is 0.224 e. The molecule has 0 saturated carbocycles. The molecule has 3 aromatic rings. The van der Waals surface area contributed by atoms with E-state index in [9.17, 15) is 0 Å². The lowest BCUT2D eigenvalue weighted by Gasteiger charge is -2.02. The number of aromatic nitrogens is 4. The van der Waals surface area contributed by atoms with Gasteiger partial charge >= 0.3 is 0 Å². The topological polar surface area (TPSA) is 43.6 Å². The van der Waals surface area contributed by atoms with E-state index in [1.165, 1.54) is 0 Å². The van der Waals surface area contributed by atoms with Crippen LogP contribution in [0.1, 0.15) is 5.56 Å². The van der Waals surface area contributed by atoms with Crippen molar-refractivity contribution in [1.82, 2.24) is 19.5 Å². The lowest BCUT2D eigenvalue weighted by atomic mass is 10.3. The van der Waals surface area contributed by atoms with Crippen molar-refractivity contribution in [3.63, 3.8) is 0 Å². The average Bonchev–Trinajstić information content (AvgIpc) is 2.67.